The van der Waals surface area contributed by atoms with Crippen molar-refractivity contribution in [2.75, 3.05) is 33.3 Å². The highest BCUT2D eigenvalue weighted by atomic mass is 79.9. The van der Waals surface area contributed by atoms with E-state index in [2.05, 4.69) is 20.9 Å². The molecule has 0 aliphatic carbocycles. The molecule has 0 radical (unpaired) electrons. The van der Waals surface area contributed by atoms with Crippen LogP contribution in [0, 0.1) is 0 Å². The van der Waals surface area contributed by atoms with Crippen molar-refractivity contribution in [2.24, 2.45) is 0 Å². The quantitative estimate of drug-likeness (QED) is 0.319. The predicted octanol–water partition coefficient (Wildman–Crippen LogP) is 5.59. The van der Waals surface area contributed by atoms with E-state index in [0.29, 0.717) is 26.0 Å². The van der Waals surface area contributed by atoms with E-state index in [9.17, 15) is 13.2 Å². The number of pyridine rings is 1. The molecular weight excluding hydrogens is 570 g/mol. The van der Waals surface area contributed by atoms with Gasteiger partial charge >= 0.3 is 6.09 Å². The number of hydrogen-bond acceptors (Lipinski definition) is 6. The molecule has 36 heavy (non-hydrogen) atoms. The van der Waals surface area contributed by atoms with Crippen molar-refractivity contribution in [3.63, 3.8) is 0 Å². The lowest BCUT2D eigenvalue weighted by Crippen LogP contribution is -2.43. The number of ether oxygens (including phenoxy) is 2. The predicted molar refractivity (Wildman–Crippen MR) is 144 cm³/mol. The lowest BCUT2D eigenvalue weighted by atomic mass is 10.2. The fourth-order valence-corrected chi connectivity index (χ4v) is 5.48. The Morgan fingerprint density at radius 1 is 1.08 bits per heavy atom. The Morgan fingerprint density at radius 2 is 1.78 bits per heavy atom. The molecule has 0 unspecified atom stereocenters. The molecule has 2 aromatic carbocycles. The molecule has 0 aliphatic rings. The fourth-order valence-electron chi connectivity index (χ4n) is 3.33. The van der Waals surface area contributed by atoms with E-state index in [-0.39, 0.29) is 31.1 Å². The van der Waals surface area contributed by atoms with Gasteiger partial charge in [-0.05, 0) is 63.2 Å². The number of carbonyl (C=O) groups is 1. The highest BCUT2D eigenvalue weighted by Gasteiger charge is 2.27. The van der Waals surface area contributed by atoms with Crippen molar-refractivity contribution in [3.8, 4) is 5.75 Å². The number of carbonyl (C=O) groups excluding carboxylic acids is 1. The molecule has 11 heteroatoms. The molecule has 0 saturated carbocycles. The number of halogens is 2. The van der Waals surface area contributed by atoms with Crippen LogP contribution in [0.15, 0.2) is 64.2 Å². The van der Waals surface area contributed by atoms with Gasteiger partial charge in [0.05, 0.1) is 11.4 Å². The van der Waals surface area contributed by atoms with Crippen molar-refractivity contribution in [2.45, 2.75) is 31.3 Å². The third-order valence-electron chi connectivity index (χ3n) is 5.15. The topological polar surface area (TPSA) is 89.0 Å². The number of hydrogen-bond donors (Lipinski definition) is 0. The molecule has 8 nitrogen and oxygen atoms in total. The van der Waals surface area contributed by atoms with Gasteiger partial charge in [0.2, 0.25) is 10.0 Å². The molecule has 3 aromatic rings. The maximum atomic E-state index is 13.5. The van der Waals surface area contributed by atoms with Crippen molar-refractivity contribution < 1.29 is 22.7 Å². The molecule has 194 valence electrons. The standard InChI is InChI=1S/C25H29BrClN3O5S/c1-25(2,3)35-24(31)30(13-14-34-21-7-5-20(27)6-8-21)12-11-29(4)36(32,33)23-16-19(26)15-18-17-28-10-9-22(18)23/h5-10,15-17H,11-14H2,1-4H3. The van der Waals surface area contributed by atoms with Crippen LogP contribution in [0.4, 0.5) is 4.79 Å². The monoisotopic (exact) mass is 597 g/mol. The highest BCUT2D eigenvalue weighted by Crippen LogP contribution is 2.29. The SMILES string of the molecule is CN(CCN(CCOc1ccc(Cl)cc1)C(=O)OC(C)(C)C)S(=O)(=O)c1cc(Br)cc2cnccc12. The highest BCUT2D eigenvalue weighted by molar-refractivity contribution is 9.10. The first kappa shape index (κ1) is 28.2. The molecule has 0 N–H and O–H groups in total. The minimum Gasteiger partial charge on any atom is -0.492 e. The number of likely N-dealkylation sites (N-methyl/N-ethyl adjacent to an activating group) is 1. The number of aromatic nitrogens is 1. The second-order valence-electron chi connectivity index (χ2n) is 9.10. The summed E-state index contributed by atoms with van der Waals surface area (Å²) in [5, 5.41) is 1.87. The van der Waals surface area contributed by atoms with Crippen LogP contribution in [0.2, 0.25) is 5.02 Å². The van der Waals surface area contributed by atoms with Crippen LogP contribution in [-0.2, 0) is 14.8 Å². The lowest BCUT2D eigenvalue weighted by molar-refractivity contribution is 0.0221. The van der Waals surface area contributed by atoms with Gasteiger partial charge in [-0.3, -0.25) is 4.98 Å². The Hall–Kier alpha value is -2.40. The molecule has 1 amide bonds. The summed E-state index contributed by atoms with van der Waals surface area (Å²) in [6.45, 7) is 5.90. The first-order valence-electron chi connectivity index (χ1n) is 11.2. The summed E-state index contributed by atoms with van der Waals surface area (Å²) in [6, 6.07) is 11.9. The van der Waals surface area contributed by atoms with E-state index < -0.39 is 21.7 Å². The van der Waals surface area contributed by atoms with Gasteiger partial charge in [-0.1, -0.05) is 27.5 Å². The van der Waals surface area contributed by atoms with Crippen LogP contribution in [0.5, 0.6) is 5.75 Å². The van der Waals surface area contributed by atoms with Gasteiger partial charge in [-0.25, -0.2) is 13.2 Å². The summed E-state index contributed by atoms with van der Waals surface area (Å²) >= 11 is 9.29. The molecule has 1 heterocycles. The zero-order valence-corrected chi connectivity index (χ0v) is 23.7. The van der Waals surface area contributed by atoms with Crippen LogP contribution < -0.4 is 4.74 Å². The van der Waals surface area contributed by atoms with Crippen molar-refractivity contribution in [3.05, 3.63) is 64.4 Å². The maximum Gasteiger partial charge on any atom is 0.410 e. The van der Waals surface area contributed by atoms with E-state index in [1.807, 2.05) is 6.07 Å². The van der Waals surface area contributed by atoms with Crippen LogP contribution in [0.25, 0.3) is 10.8 Å². The lowest BCUT2D eigenvalue weighted by Gasteiger charge is -2.29. The molecule has 0 aliphatic heterocycles. The molecule has 0 bridgehead atoms. The number of nitrogens with zero attached hydrogens (tertiary/aromatic N) is 3. The van der Waals surface area contributed by atoms with E-state index in [1.165, 1.54) is 16.3 Å². The number of amides is 1. The second kappa shape index (κ2) is 11.8. The van der Waals surface area contributed by atoms with Crippen molar-refractivity contribution in [1.29, 1.82) is 0 Å². The van der Waals surface area contributed by atoms with Gasteiger partial charge in [-0.2, -0.15) is 4.31 Å². The molecule has 3 rings (SSSR count). The number of sulfonamides is 1. The Bertz CT molecular complexity index is 1310. The van der Waals surface area contributed by atoms with Crippen LogP contribution in [0.3, 0.4) is 0 Å². The summed E-state index contributed by atoms with van der Waals surface area (Å²) in [7, 11) is -2.37. The summed E-state index contributed by atoms with van der Waals surface area (Å²) < 4.78 is 40.0. The molecule has 0 spiro atoms. The first-order chi connectivity index (χ1) is 16.9. The van der Waals surface area contributed by atoms with Gasteiger partial charge in [0.25, 0.3) is 0 Å². The van der Waals surface area contributed by atoms with E-state index in [0.717, 1.165) is 0 Å². The molecule has 0 atom stereocenters. The molecule has 0 saturated heterocycles. The largest absolute Gasteiger partial charge is 0.492 e. The zero-order chi connectivity index (χ0) is 26.5. The molecular formula is C25H29BrClN3O5S. The Kier molecular flexibility index (Phi) is 9.21. The van der Waals surface area contributed by atoms with Gasteiger partial charge in [0, 0.05) is 52.8 Å². The van der Waals surface area contributed by atoms with E-state index in [1.54, 1.807) is 69.6 Å². The Morgan fingerprint density at radius 3 is 2.44 bits per heavy atom. The first-order valence-corrected chi connectivity index (χ1v) is 13.8. The van der Waals surface area contributed by atoms with E-state index in [4.69, 9.17) is 21.1 Å². The third kappa shape index (κ3) is 7.55. The number of benzene rings is 2. The van der Waals surface area contributed by atoms with E-state index >= 15 is 0 Å². The second-order valence-corrected chi connectivity index (χ2v) is 12.5. The third-order valence-corrected chi connectivity index (χ3v) is 7.75. The smallest absolute Gasteiger partial charge is 0.410 e. The average molecular weight is 599 g/mol. The average Bonchev–Trinajstić information content (AvgIpc) is 2.80. The Balaban J connectivity index is 1.73. The fraction of sp³-hybridized carbons (Fsp3) is 0.360. The van der Waals surface area contributed by atoms with Gasteiger partial charge in [-0.15, -0.1) is 0 Å². The normalized spacial score (nSPS) is 12.1. The number of rotatable bonds is 9. The summed E-state index contributed by atoms with van der Waals surface area (Å²) in [5.41, 5.74) is -0.701. The van der Waals surface area contributed by atoms with Crippen LogP contribution >= 0.6 is 27.5 Å². The van der Waals surface area contributed by atoms with Crippen LogP contribution in [0.1, 0.15) is 20.8 Å². The van der Waals surface area contributed by atoms with Gasteiger partial charge in [0.15, 0.2) is 0 Å². The van der Waals surface area contributed by atoms with Gasteiger partial charge in [0.1, 0.15) is 18.0 Å². The van der Waals surface area contributed by atoms with Crippen molar-refractivity contribution in [1.82, 2.24) is 14.2 Å². The minimum atomic E-state index is -3.86. The minimum absolute atomic E-state index is 0.0572. The summed E-state index contributed by atoms with van der Waals surface area (Å²) in [6.07, 6.45) is 2.62. The Labute approximate surface area is 225 Å². The van der Waals surface area contributed by atoms with Crippen molar-refractivity contribution >= 4 is 54.4 Å². The zero-order valence-electron chi connectivity index (χ0n) is 20.6. The maximum absolute atomic E-state index is 13.5. The number of fused-ring (bicyclic) bond motifs is 1. The summed E-state index contributed by atoms with van der Waals surface area (Å²) in [5.74, 6) is 0.610. The molecule has 1 aromatic heterocycles. The van der Waals surface area contributed by atoms with Crippen LogP contribution in [-0.4, -0.2) is 67.6 Å². The van der Waals surface area contributed by atoms with Gasteiger partial charge < -0.3 is 14.4 Å². The molecule has 0 fully saturated rings. The summed E-state index contributed by atoms with van der Waals surface area (Å²) in [4.78, 5) is 18.5.